The van der Waals surface area contributed by atoms with E-state index in [0.29, 0.717) is 32.0 Å². The highest BCUT2D eigenvalue weighted by Crippen LogP contribution is 2.38. The quantitative estimate of drug-likeness (QED) is 0.282. The van der Waals surface area contributed by atoms with Crippen LogP contribution in [-0.2, 0) is 13.7 Å². The standard InChI is InChI=1S/C35H43FN6O4/c1-35(2,3)32-30(36)24(14-15-42(32)34(44)45)21-40-16-18-41(19-17-40)25-10-11-26-28(20-25)39(4)38-31(26)27-12-13-29(43)37-33(27)46-22-23-8-6-5-7-9-23/h5-13,20,24,30,32H,14-19,21-22H2,1-4H3,(H,37,43)(H,44,45). The van der Waals surface area contributed by atoms with Gasteiger partial charge in [-0.2, -0.15) is 5.10 Å². The largest absolute Gasteiger partial charge is 0.474 e. The van der Waals surface area contributed by atoms with Gasteiger partial charge in [-0.15, -0.1) is 0 Å². The molecule has 0 saturated carbocycles. The number of amides is 1. The van der Waals surface area contributed by atoms with Crippen molar-refractivity contribution in [1.82, 2.24) is 24.6 Å². The summed E-state index contributed by atoms with van der Waals surface area (Å²) in [5.74, 6) is 0.194. The van der Waals surface area contributed by atoms with E-state index in [1.807, 2.05) is 62.8 Å². The maximum atomic E-state index is 15.8. The number of aromatic nitrogens is 3. The highest BCUT2D eigenvalue weighted by molar-refractivity contribution is 5.96. The number of rotatable bonds is 7. The Morgan fingerprint density at radius 3 is 2.48 bits per heavy atom. The Morgan fingerprint density at radius 2 is 1.78 bits per heavy atom. The molecule has 10 nitrogen and oxygen atoms in total. The van der Waals surface area contributed by atoms with Gasteiger partial charge in [-0.3, -0.25) is 19.4 Å². The lowest BCUT2D eigenvalue weighted by atomic mass is 9.75. The molecule has 244 valence electrons. The number of likely N-dealkylation sites (tertiary alicyclic amines) is 1. The number of hydrogen-bond acceptors (Lipinski definition) is 6. The zero-order valence-electron chi connectivity index (χ0n) is 26.9. The highest BCUT2D eigenvalue weighted by atomic mass is 19.1. The fourth-order valence-electron chi connectivity index (χ4n) is 7.03. The molecule has 2 aliphatic heterocycles. The van der Waals surface area contributed by atoms with Crippen LogP contribution in [0.1, 0.15) is 32.8 Å². The van der Waals surface area contributed by atoms with Crippen molar-refractivity contribution in [3.63, 3.8) is 0 Å². The van der Waals surface area contributed by atoms with Crippen LogP contribution in [0.2, 0.25) is 0 Å². The molecule has 2 aromatic heterocycles. The van der Waals surface area contributed by atoms with Gasteiger partial charge in [0.05, 0.1) is 17.1 Å². The van der Waals surface area contributed by atoms with Crippen molar-refractivity contribution in [3.05, 3.63) is 76.6 Å². The van der Waals surface area contributed by atoms with Crippen LogP contribution < -0.4 is 15.2 Å². The lowest BCUT2D eigenvalue weighted by molar-refractivity contribution is -0.0306. The number of carbonyl (C=O) groups is 1. The summed E-state index contributed by atoms with van der Waals surface area (Å²) < 4.78 is 23.7. The average molecular weight is 631 g/mol. The Bertz CT molecular complexity index is 1740. The van der Waals surface area contributed by atoms with Gasteiger partial charge in [-0.05, 0) is 41.7 Å². The molecule has 3 unspecified atom stereocenters. The van der Waals surface area contributed by atoms with Crippen LogP contribution in [0.5, 0.6) is 5.88 Å². The number of piperidine rings is 1. The van der Waals surface area contributed by atoms with Gasteiger partial charge >= 0.3 is 6.09 Å². The Labute approximate surface area is 268 Å². The third kappa shape index (κ3) is 6.46. The number of halogens is 1. The van der Waals surface area contributed by atoms with Crippen molar-refractivity contribution in [3.8, 4) is 17.1 Å². The van der Waals surface area contributed by atoms with Gasteiger partial charge in [0, 0.05) is 69.4 Å². The zero-order valence-corrected chi connectivity index (χ0v) is 26.9. The number of aromatic amines is 1. The molecule has 2 aromatic carbocycles. The maximum absolute atomic E-state index is 15.8. The number of anilines is 1. The summed E-state index contributed by atoms with van der Waals surface area (Å²) in [4.78, 5) is 32.8. The van der Waals surface area contributed by atoms with Gasteiger partial charge in [0.1, 0.15) is 18.5 Å². The Kier molecular flexibility index (Phi) is 8.78. The summed E-state index contributed by atoms with van der Waals surface area (Å²) >= 11 is 0. The number of alkyl halides is 1. The Hall–Kier alpha value is -4.38. The summed E-state index contributed by atoms with van der Waals surface area (Å²) in [6.45, 7) is 10.3. The van der Waals surface area contributed by atoms with Gasteiger partial charge in [0.15, 0.2) is 0 Å². The van der Waals surface area contributed by atoms with Gasteiger partial charge < -0.3 is 19.6 Å². The molecule has 6 rings (SSSR count). The topological polar surface area (TPSA) is 107 Å². The number of ether oxygens (including phenoxy) is 1. The molecule has 2 fully saturated rings. The molecule has 0 spiro atoms. The molecule has 2 N–H and O–H groups in total. The van der Waals surface area contributed by atoms with Crippen molar-refractivity contribution in [2.45, 2.75) is 46.0 Å². The van der Waals surface area contributed by atoms with Crippen LogP contribution in [-0.4, -0.2) is 87.2 Å². The van der Waals surface area contributed by atoms with Crippen LogP contribution in [0.4, 0.5) is 14.9 Å². The van der Waals surface area contributed by atoms with Crippen molar-refractivity contribution in [1.29, 1.82) is 0 Å². The van der Waals surface area contributed by atoms with Crippen molar-refractivity contribution in [2.24, 2.45) is 18.4 Å². The fourth-order valence-corrected chi connectivity index (χ4v) is 7.03. The van der Waals surface area contributed by atoms with E-state index >= 15 is 4.39 Å². The first-order valence-electron chi connectivity index (χ1n) is 16.0. The molecule has 11 heteroatoms. The number of hydrogen-bond donors (Lipinski definition) is 2. The predicted octanol–water partition coefficient (Wildman–Crippen LogP) is 5.38. The second kappa shape index (κ2) is 12.8. The molecular formula is C35H43FN6O4. The number of carboxylic acid groups (broad SMARTS) is 1. The molecular weight excluding hydrogens is 587 g/mol. The number of nitrogens with one attached hydrogen (secondary N) is 1. The van der Waals surface area contributed by atoms with E-state index in [4.69, 9.17) is 9.84 Å². The molecule has 0 radical (unpaired) electrons. The zero-order chi connectivity index (χ0) is 32.6. The van der Waals surface area contributed by atoms with E-state index in [1.165, 1.54) is 11.0 Å². The second-order valence-electron chi connectivity index (χ2n) is 13.6. The number of fused-ring (bicyclic) bond motifs is 1. The minimum Gasteiger partial charge on any atom is -0.474 e. The molecule has 4 heterocycles. The van der Waals surface area contributed by atoms with Crippen LogP contribution in [0.3, 0.4) is 0 Å². The first kappa shape index (κ1) is 31.6. The highest BCUT2D eigenvalue weighted by Gasteiger charge is 2.46. The number of nitrogens with zero attached hydrogens (tertiary/aromatic N) is 5. The van der Waals surface area contributed by atoms with Crippen LogP contribution in [0, 0.1) is 11.3 Å². The normalized spacial score (nSPS) is 21.1. The molecule has 1 amide bonds. The first-order chi connectivity index (χ1) is 22.0. The number of H-pyrrole nitrogens is 1. The minimum atomic E-state index is -1.20. The van der Waals surface area contributed by atoms with Crippen LogP contribution in [0.15, 0.2) is 65.5 Å². The number of pyridine rings is 1. The molecule has 4 aromatic rings. The maximum Gasteiger partial charge on any atom is 0.407 e. The lowest BCUT2D eigenvalue weighted by Gasteiger charge is -2.48. The molecule has 0 bridgehead atoms. The van der Waals surface area contributed by atoms with Crippen LogP contribution >= 0.6 is 0 Å². The number of piperazine rings is 1. The van der Waals surface area contributed by atoms with Gasteiger partial charge in [0.2, 0.25) is 5.88 Å². The fraction of sp³-hybridized carbons (Fsp3) is 0.457. The smallest absolute Gasteiger partial charge is 0.407 e. The molecule has 2 aliphatic rings. The molecule has 0 aliphatic carbocycles. The van der Waals surface area contributed by atoms with Gasteiger partial charge in [-0.1, -0.05) is 51.1 Å². The Morgan fingerprint density at radius 1 is 1.04 bits per heavy atom. The molecule has 46 heavy (non-hydrogen) atoms. The number of benzene rings is 2. The van der Waals surface area contributed by atoms with Crippen molar-refractivity contribution >= 4 is 22.7 Å². The van der Waals surface area contributed by atoms with E-state index in [1.54, 1.807) is 6.07 Å². The van der Waals surface area contributed by atoms with Gasteiger partial charge in [-0.25, -0.2) is 9.18 Å². The first-order valence-corrected chi connectivity index (χ1v) is 16.0. The van der Waals surface area contributed by atoms with E-state index in [-0.39, 0.29) is 11.5 Å². The molecule has 2 saturated heterocycles. The third-order valence-corrected chi connectivity index (χ3v) is 9.39. The van der Waals surface area contributed by atoms with Gasteiger partial charge in [0.25, 0.3) is 5.56 Å². The van der Waals surface area contributed by atoms with Crippen LogP contribution in [0.25, 0.3) is 22.2 Å². The predicted molar refractivity (Wildman–Crippen MR) is 177 cm³/mol. The van der Waals surface area contributed by atoms with E-state index < -0.39 is 23.7 Å². The summed E-state index contributed by atoms with van der Waals surface area (Å²) in [7, 11) is 1.91. The third-order valence-electron chi connectivity index (χ3n) is 9.39. The van der Waals surface area contributed by atoms with E-state index in [0.717, 1.165) is 59.6 Å². The summed E-state index contributed by atoms with van der Waals surface area (Å²) in [6.07, 6.45) is -1.70. The molecule has 3 atom stereocenters. The van der Waals surface area contributed by atoms with E-state index in [9.17, 15) is 14.7 Å². The Balaban J connectivity index is 1.14. The van der Waals surface area contributed by atoms with Crippen molar-refractivity contribution in [2.75, 3.05) is 44.2 Å². The SMILES string of the molecule is Cn1nc(-c2ccc(=O)[nH]c2OCc2ccccc2)c2ccc(N3CCN(CC4CCN(C(=O)O)C(C(C)(C)C)C4F)CC3)cc21. The number of aryl methyl sites for hydroxylation is 1. The summed E-state index contributed by atoms with van der Waals surface area (Å²) in [6, 6.07) is 18.7. The minimum absolute atomic E-state index is 0.190. The van der Waals surface area contributed by atoms with Crippen molar-refractivity contribution < 1.29 is 19.0 Å². The summed E-state index contributed by atoms with van der Waals surface area (Å²) in [5.41, 5.74) is 3.79. The average Bonchev–Trinajstić information content (AvgIpc) is 3.36. The lowest BCUT2D eigenvalue weighted by Crippen LogP contribution is -2.60. The second-order valence-corrected chi connectivity index (χ2v) is 13.6. The summed E-state index contributed by atoms with van der Waals surface area (Å²) in [5, 5.41) is 15.5. The van der Waals surface area contributed by atoms with E-state index in [2.05, 4.69) is 33.0 Å². The monoisotopic (exact) mass is 630 g/mol.